The van der Waals surface area contributed by atoms with E-state index in [-0.39, 0.29) is 11.3 Å². The zero-order chi connectivity index (χ0) is 13.0. The number of benzene rings is 1. The molecule has 0 bridgehead atoms. The van der Waals surface area contributed by atoms with E-state index in [1.54, 1.807) is 7.11 Å². The molecule has 1 saturated heterocycles. The first kappa shape index (κ1) is 13.2. The number of nitrogens with zero attached hydrogens (tertiary/aromatic N) is 1. The molecule has 1 aliphatic heterocycles. The Morgan fingerprint density at radius 1 is 1.44 bits per heavy atom. The number of carbonyl (C=O) groups excluding carboxylic acids is 1. The molecule has 0 radical (unpaired) electrons. The van der Waals surface area contributed by atoms with Gasteiger partial charge < -0.3 is 9.64 Å². The van der Waals surface area contributed by atoms with Crippen molar-refractivity contribution in [2.24, 2.45) is 0 Å². The van der Waals surface area contributed by atoms with Gasteiger partial charge in [0.05, 0.1) is 18.9 Å². The number of ether oxygens (including phenoxy) is 1. The molecule has 3 nitrogen and oxygen atoms in total. The third-order valence-electron chi connectivity index (χ3n) is 3.23. The summed E-state index contributed by atoms with van der Waals surface area (Å²) in [5, 5.41) is 0.110. The zero-order valence-corrected chi connectivity index (χ0v) is 11.3. The fourth-order valence-corrected chi connectivity index (χ4v) is 2.50. The lowest BCUT2D eigenvalue weighted by Gasteiger charge is -2.29. The van der Waals surface area contributed by atoms with Crippen LogP contribution in [0.1, 0.15) is 18.4 Å². The predicted molar refractivity (Wildman–Crippen MR) is 72.2 cm³/mol. The summed E-state index contributed by atoms with van der Waals surface area (Å²) in [6, 6.07) is 7.62. The molecule has 98 valence electrons. The Morgan fingerprint density at radius 3 is 2.78 bits per heavy atom. The average molecular weight is 268 g/mol. The van der Waals surface area contributed by atoms with Crippen molar-refractivity contribution in [2.45, 2.75) is 24.6 Å². The second kappa shape index (κ2) is 6.10. The van der Waals surface area contributed by atoms with Gasteiger partial charge in [0, 0.05) is 13.1 Å². The Morgan fingerprint density at radius 2 is 2.17 bits per heavy atom. The standard InChI is InChI=1S/C14H18ClNO2/c1-18-13-6-4-11(5-7-13)9-14(17)16-8-2-3-12(15)10-16/h4-7,12H,2-3,8-10H2,1H3. The lowest BCUT2D eigenvalue weighted by atomic mass is 10.1. The molecule has 1 heterocycles. The van der Waals surface area contributed by atoms with Gasteiger partial charge in [-0.3, -0.25) is 4.79 Å². The van der Waals surface area contributed by atoms with Gasteiger partial charge in [0.15, 0.2) is 0 Å². The minimum Gasteiger partial charge on any atom is -0.497 e. The summed E-state index contributed by atoms with van der Waals surface area (Å²) in [5.41, 5.74) is 1.01. The maximum atomic E-state index is 12.1. The van der Waals surface area contributed by atoms with Gasteiger partial charge >= 0.3 is 0 Å². The molecule has 0 aromatic heterocycles. The van der Waals surface area contributed by atoms with Gasteiger partial charge in [0.25, 0.3) is 0 Å². The van der Waals surface area contributed by atoms with Crippen LogP contribution in [0.15, 0.2) is 24.3 Å². The highest BCUT2D eigenvalue weighted by Gasteiger charge is 2.21. The quantitative estimate of drug-likeness (QED) is 0.788. The minimum atomic E-state index is 0.110. The van der Waals surface area contributed by atoms with Gasteiger partial charge in [-0.05, 0) is 30.5 Å². The predicted octanol–water partition coefficient (Wildman–Crippen LogP) is 2.47. The van der Waals surface area contributed by atoms with Crippen molar-refractivity contribution in [3.8, 4) is 5.75 Å². The summed E-state index contributed by atoms with van der Waals surface area (Å²) in [7, 11) is 1.63. The van der Waals surface area contributed by atoms with E-state index in [0.29, 0.717) is 13.0 Å². The third-order valence-corrected chi connectivity index (χ3v) is 3.59. The zero-order valence-electron chi connectivity index (χ0n) is 10.6. The Kier molecular flexibility index (Phi) is 4.48. The molecular weight excluding hydrogens is 250 g/mol. The number of hydrogen-bond donors (Lipinski definition) is 0. The molecule has 0 N–H and O–H groups in total. The summed E-state index contributed by atoms with van der Waals surface area (Å²) in [5.74, 6) is 0.968. The fraction of sp³-hybridized carbons (Fsp3) is 0.500. The molecule has 1 aliphatic rings. The van der Waals surface area contributed by atoms with Crippen molar-refractivity contribution in [1.82, 2.24) is 4.90 Å². The first-order chi connectivity index (χ1) is 8.69. The highest BCUT2D eigenvalue weighted by atomic mass is 35.5. The van der Waals surface area contributed by atoms with Crippen LogP contribution in [0.25, 0.3) is 0 Å². The second-order valence-corrected chi connectivity index (χ2v) is 5.22. The van der Waals surface area contributed by atoms with E-state index < -0.39 is 0 Å². The number of halogens is 1. The van der Waals surface area contributed by atoms with Crippen molar-refractivity contribution in [2.75, 3.05) is 20.2 Å². The number of amides is 1. The second-order valence-electron chi connectivity index (χ2n) is 4.60. The van der Waals surface area contributed by atoms with E-state index >= 15 is 0 Å². The lowest BCUT2D eigenvalue weighted by molar-refractivity contribution is -0.131. The number of likely N-dealkylation sites (tertiary alicyclic amines) is 1. The molecule has 1 aromatic rings. The summed E-state index contributed by atoms with van der Waals surface area (Å²) >= 11 is 6.09. The molecule has 0 spiro atoms. The highest BCUT2D eigenvalue weighted by molar-refractivity contribution is 6.20. The highest BCUT2D eigenvalue weighted by Crippen LogP contribution is 2.17. The van der Waals surface area contributed by atoms with Gasteiger partial charge in [-0.1, -0.05) is 12.1 Å². The lowest BCUT2D eigenvalue weighted by Crippen LogP contribution is -2.41. The van der Waals surface area contributed by atoms with Crippen LogP contribution in [-0.4, -0.2) is 36.4 Å². The SMILES string of the molecule is COc1ccc(CC(=O)N2CCCC(Cl)C2)cc1. The summed E-state index contributed by atoms with van der Waals surface area (Å²) < 4.78 is 5.09. The Balaban J connectivity index is 1.93. The van der Waals surface area contributed by atoms with E-state index in [2.05, 4.69) is 0 Å². The third kappa shape index (κ3) is 3.39. The molecule has 0 saturated carbocycles. The largest absolute Gasteiger partial charge is 0.497 e. The maximum Gasteiger partial charge on any atom is 0.227 e. The monoisotopic (exact) mass is 267 g/mol. The van der Waals surface area contributed by atoms with Crippen LogP contribution in [0.3, 0.4) is 0 Å². The van der Waals surface area contributed by atoms with Crippen LogP contribution in [-0.2, 0) is 11.2 Å². The van der Waals surface area contributed by atoms with Crippen LogP contribution >= 0.6 is 11.6 Å². The van der Waals surface area contributed by atoms with Gasteiger partial charge in [-0.2, -0.15) is 0 Å². The number of carbonyl (C=O) groups is 1. The Bertz CT molecular complexity index is 405. The van der Waals surface area contributed by atoms with Gasteiger partial charge in [-0.25, -0.2) is 0 Å². The Labute approximate surface area is 113 Å². The number of rotatable bonds is 3. The summed E-state index contributed by atoms with van der Waals surface area (Å²) in [6.45, 7) is 1.51. The van der Waals surface area contributed by atoms with Crippen LogP contribution in [0, 0.1) is 0 Å². The maximum absolute atomic E-state index is 12.1. The van der Waals surface area contributed by atoms with Crippen molar-refractivity contribution in [3.63, 3.8) is 0 Å². The van der Waals surface area contributed by atoms with Crippen LogP contribution < -0.4 is 4.74 Å². The van der Waals surface area contributed by atoms with Crippen molar-refractivity contribution < 1.29 is 9.53 Å². The van der Waals surface area contributed by atoms with Crippen LogP contribution in [0.2, 0.25) is 0 Å². The first-order valence-electron chi connectivity index (χ1n) is 6.24. The van der Waals surface area contributed by atoms with Crippen molar-refractivity contribution in [1.29, 1.82) is 0 Å². The molecule has 18 heavy (non-hydrogen) atoms. The van der Waals surface area contributed by atoms with E-state index in [0.717, 1.165) is 30.7 Å². The van der Waals surface area contributed by atoms with Crippen molar-refractivity contribution >= 4 is 17.5 Å². The molecule has 1 atom stereocenters. The van der Waals surface area contributed by atoms with Crippen molar-refractivity contribution in [3.05, 3.63) is 29.8 Å². The fourth-order valence-electron chi connectivity index (χ4n) is 2.18. The number of methoxy groups -OCH3 is 1. The molecular formula is C14H18ClNO2. The summed E-state index contributed by atoms with van der Waals surface area (Å²) in [6.07, 6.45) is 2.45. The average Bonchev–Trinajstić information content (AvgIpc) is 2.39. The van der Waals surface area contributed by atoms with E-state index in [1.807, 2.05) is 29.2 Å². The molecule has 1 fully saturated rings. The molecule has 1 aromatic carbocycles. The van der Waals surface area contributed by atoms with Crippen LogP contribution in [0.4, 0.5) is 0 Å². The molecule has 4 heteroatoms. The summed E-state index contributed by atoms with van der Waals surface area (Å²) in [4.78, 5) is 14.0. The van der Waals surface area contributed by atoms with Crippen LogP contribution in [0.5, 0.6) is 5.75 Å². The Hall–Kier alpha value is -1.22. The molecule has 1 amide bonds. The van der Waals surface area contributed by atoms with Gasteiger partial charge in [0.1, 0.15) is 5.75 Å². The number of alkyl halides is 1. The molecule has 0 aliphatic carbocycles. The number of piperidine rings is 1. The van der Waals surface area contributed by atoms with E-state index in [1.165, 1.54) is 0 Å². The van der Waals surface area contributed by atoms with Gasteiger partial charge in [-0.15, -0.1) is 11.6 Å². The number of hydrogen-bond acceptors (Lipinski definition) is 2. The first-order valence-corrected chi connectivity index (χ1v) is 6.67. The molecule has 1 unspecified atom stereocenters. The minimum absolute atomic E-state index is 0.110. The van der Waals surface area contributed by atoms with E-state index in [9.17, 15) is 4.79 Å². The van der Waals surface area contributed by atoms with E-state index in [4.69, 9.17) is 16.3 Å². The van der Waals surface area contributed by atoms with Gasteiger partial charge in [0.2, 0.25) is 5.91 Å². The normalized spacial score (nSPS) is 19.7. The topological polar surface area (TPSA) is 29.5 Å². The smallest absolute Gasteiger partial charge is 0.227 e. The molecule has 2 rings (SSSR count).